The van der Waals surface area contributed by atoms with Crippen molar-refractivity contribution >= 4 is 0 Å². The molecule has 4 nitrogen and oxygen atoms in total. The lowest BCUT2D eigenvalue weighted by molar-refractivity contribution is 0.394. The Morgan fingerprint density at radius 1 is 1.69 bits per heavy atom. The number of aromatic nitrogens is 1. The third-order valence-electron chi connectivity index (χ3n) is 2.47. The molecule has 0 fully saturated rings. The first-order valence-electron chi connectivity index (χ1n) is 5.27. The highest BCUT2D eigenvalue weighted by Crippen LogP contribution is 2.27. The van der Waals surface area contributed by atoms with Gasteiger partial charge in [-0.05, 0) is 25.8 Å². The molecule has 1 rings (SSSR count). The summed E-state index contributed by atoms with van der Waals surface area (Å²) in [5, 5.41) is 0. The van der Waals surface area contributed by atoms with E-state index >= 15 is 0 Å². The Morgan fingerprint density at radius 3 is 3.00 bits per heavy atom. The first-order valence-corrected chi connectivity index (χ1v) is 5.27. The van der Waals surface area contributed by atoms with Gasteiger partial charge in [0.15, 0.2) is 0 Å². The number of hydrogen-bond donors (Lipinski definition) is 2. The van der Waals surface area contributed by atoms with E-state index in [-0.39, 0.29) is 6.04 Å². The Hall–Kier alpha value is -1.39. The van der Waals surface area contributed by atoms with E-state index in [9.17, 15) is 0 Å². The van der Waals surface area contributed by atoms with Crippen LogP contribution in [0.1, 0.15) is 31.4 Å². The number of rotatable bonds is 6. The zero-order chi connectivity index (χ0) is 12.0. The third-order valence-corrected chi connectivity index (χ3v) is 2.47. The van der Waals surface area contributed by atoms with Crippen LogP contribution in [0.5, 0.6) is 5.75 Å². The summed E-state index contributed by atoms with van der Waals surface area (Å²) >= 11 is 0. The van der Waals surface area contributed by atoms with E-state index in [4.69, 9.17) is 10.6 Å². The predicted molar refractivity (Wildman–Crippen MR) is 64.9 cm³/mol. The molecule has 1 unspecified atom stereocenters. The van der Waals surface area contributed by atoms with Crippen LogP contribution >= 0.6 is 0 Å². The van der Waals surface area contributed by atoms with Crippen LogP contribution in [0, 0.1) is 0 Å². The van der Waals surface area contributed by atoms with E-state index in [0.29, 0.717) is 0 Å². The molecular weight excluding hydrogens is 202 g/mol. The normalized spacial score (nSPS) is 12.2. The highest BCUT2D eigenvalue weighted by molar-refractivity contribution is 5.32. The van der Waals surface area contributed by atoms with E-state index < -0.39 is 0 Å². The Balaban J connectivity index is 2.81. The van der Waals surface area contributed by atoms with Crippen LogP contribution in [0.4, 0.5) is 0 Å². The maximum atomic E-state index is 5.56. The summed E-state index contributed by atoms with van der Waals surface area (Å²) in [4.78, 5) is 4.02. The SMILES string of the molecule is C=C(C)CCC(NN)c1ccncc1OC. The fourth-order valence-electron chi connectivity index (χ4n) is 1.57. The molecule has 0 aliphatic heterocycles. The van der Waals surface area contributed by atoms with Gasteiger partial charge in [-0.25, -0.2) is 0 Å². The monoisotopic (exact) mass is 221 g/mol. The minimum Gasteiger partial charge on any atom is -0.495 e. The highest BCUT2D eigenvalue weighted by Gasteiger charge is 2.14. The standard InChI is InChI=1S/C12H19N3O/c1-9(2)4-5-11(15-13)10-6-7-14-8-12(10)16-3/h6-8,11,15H,1,4-5,13H2,2-3H3. The molecule has 3 N–H and O–H groups in total. The Labute approximate surface area is 96.5 Å². The highest BCUT2D eigenvalue weighted by atomic mass is 16.5. The molecule has 4 heteroatoms. The van der Waals surface area contributed by atoms with E-state index in [1.54, 1.807) is 19.5 Å². The average Bonchev–Trinajstić information content (AvgIpc) is 2.30. The number of nitrogens with one attached hydrogen (secondary N) is 1. The summed E-state index contributed by atoms with van der Waals surface area (Å²) in [6.45, 7) is 5.90. The zero-order valence-electron chi connectivity index (χ0n) is 9.86. The Bertz CT molecular complexity index is 352. The van der Waals surface area contributed by atoms with Crippen LogP contribution < -0.4 is 16.0 Å². The average molecular weight is 221 g/mol. The minimum atomic E-state index is 0.0645. The Kier molecular flexibility index (Phi) is 4.95. The molecule has 0 aromatic carbocycles. The fraction of sp³-hybridized carbons (Fsp3) is 0.417. The first-order chi connectivity index (χ1) is 7.69. The van der Waals surface area contributed by atoms with Gasteiger partial charge >= 0.3 is 0 Å². The number of ether oxygens (including phenoxy) is 1. The summed E-state index contributed by atoms with van der Waals surface area (Å²) in [5.74, 6) is 6.32. The predicted octanol–water partition coefficient (Wildman–Crippen LogP) is 1.95. The zero-order valence-corrected chi connectivity index (χ0v) is 9.86. The number of pyridine rings is 1. The smallest absolute Gasteiger partial charge is 0.141 e. The van der Waals surface area contributed by atoms with Crippen molar-refractivity contribution in [1.82, 2.24) is 10.4 Å². The second-order valence-corrected chi connectivity index (χ2v) is 3.83. The van der Waals surface area contributed by atoms with Crippen molar-refractivity contribution < 1.29 is 4.74 Å². The van der Waals surface area contributed by atoms with Crippen molar-refractivity contribution in [3.63, 3.8) is 0 Å². The number of nitrogens with two attached hydrogens (primary N) is 1. The summed E-state index contributed by atoms with van der Waals surface area (Å²) in [7, 11) is 1.63. The Morgan fingerprint density at radius 2 is 2.44 bits per heavy atom. The summed E-state index contributed by atoms with van der Waals surface area (Å²) in [6.07, 6.45) is 5.26. The van der Waals surface area contributed by atoms with Gasteiger partial charge in [0.05, 0.1) is 19.3 Å². The second-order valence-electron chi connectivity index (χ2n) is 3.83. The van der Waals surface area contributed by atoms with Crippen LogP contribution in [-0.4, -0.2) is 12.1 Å². The van der Waals surface area contributed by atoms with E-state index in [1.165, 1.54) is 0 Å². The topological polar surface area (TPSA) is 60.2 Å². The molecule has 0 bridgehead atoms. The van der Waals surface area contributed by atoms with Crippen molar-refractivity contribution in [2.75, 3.05) is 7.11 Å². The fourth-order valence-corrected chi connectivity index (χ4v) is 1.57. The van der Waals surface area contributed by atoms with Crippen molar-refractivity contribution in [1.29, 1.82) is 0 Å². The van der Waals surface area contributed by atoms with Crippen molar-refractivity contribution in [3.05, 3.63) is 36.2 Å². The summed E-state index contributed by atoms with van der Waals surface area (Å²) < 4.78 is 5.25. The molecular formula is C12H19N3O. The summed E-state index contributed by atoms with van der Waals surface area (Å²) in [6, 6.07) is 1.98. The first kappa shape index (κ1) is 12.7. The van der Waals surface area contributed by atoms with Gasteiger partial charge in [-0.3, -0.25) is 16.3 Å². The van der Waals surface area contributed by atoms with Gasteiger partial charge in [-0.15, -0.1) is 6.58 Å². The number of nitrogens with zero attached hydrogens (tertiary/aromatic N) is 1. The molecule has 0 radical (unpaired) electrons. The van der Waals surface area contributed by atoms with Gasteiger partial charge in [0.2, 0.25) is 0 Å². The van der Waals surface area contributed by atoms with Crippen LogP contribution in [-0.2, 0) is 0 Å². The molecule has 0 saturated heterocycles. The number of allylic oxidation sites excluding steroid dienone is 1. The lowest BCUT2D eigenvalue weighted by atomic mass is 10.0. The van der Waals surface area contributed by atoms with Crippen LogP contribution in [0.25, 0.3) is 0 Å². The van der Waals surface area contributed by atoms with E-state index in [0.717, 1.165) is 29.7 Å². The van der Waals surface area contributed by atoms with Gasteiger partial charge in [0.1, 0.15) is 5.75 Å². The quantitative estimate of drug-likeness (QED) is 0.438. The molecule has 0 saturated carbocycles. The number of methoxy groups -OCH3 is 1. The third kappa shape index (κ3) is 3.32. The molecule has 1 atom stereocenters. The van der Waals surface area contributed by atoms with Crippen LogP contribution in [0.3, 0.4) is 0 Å². The van der Waals surface area contributed by atoms with E-state index in [2.05, 4.69) is 17.0 Å². The second kappa shape index (κ2) is 6.25. The lowest BCUT2D eigenvalue weighted by Crippen LogP contribution is -2.28. The van der Waals surface area contributed by atoms with Crippen LogP contribution in [0.2, 0.25) is 0 Å². The molecule has 0 aliphatic rings. The molecule has 0 aliphatic carbocycles. The van der Waals surface area contributed by atoms with Gasteiger partial charge < -0.3 is 4.74 Å². The number of hydrazine groups is 1. The lowest BCUT2D eigenvalue weighted by Gasteiger charge is -2.18. The van der Waals surface area contributed by atoms with Crippen molar-refractivity contribution in [3.8, 4) is 5.75 Å². The molecule has 1 heterocycles. The largest absolute Gasteiger partial charge is 0.495 e. The van der Waals surface area contributed by atoms with Gasteiger partial charge in [0, 0.05) is 11.8 Å². The van der Waals surface area contributed by atoms with Gasteiger partial charge in [-0.1, -0.05) is 5.57 Å². The molecule has 0 spiro atoms. The maximum Gasteiger partial charge on any atom is 0.141 e. The minimum absolute atomic E-state index is 0.0645. The summed E-state index contributed by atoms with van der Waals surface area (Å²) in [5.41, 5.74) is 4.98. The van der Waals surface area contributed by atoms with Crippen molar-refractivity contribution in [2.24, 2.45) is 5.84 Å². The van der Waals surface area contributed by atoms with E-state index in [1.807, 2.05) is 13.0 Å². The molecule has 1 aromatic heterocycles. The van der Waals surface area contributed by atoms with Crippen molar-refractivity contribution in [2.45, 2.75) is 25.8 Å². The van der Waals surface area contributed by atoms with Crippen LogP contribution in [0.15, 0.2) is 30.6 Å². The van der Waals surface area contributed by atoms with Gasteiger partial charge in [-0.2, -0.15) is 0 Å². The van der Waals surface area contributed by atoms with Gasteiger partial charge in [0.25, 0.3) is 0 Å². The molecule has 16 heavy (non-hydrogen) atoms. The maximum absolute atomic E-state index is 5.56. The molecule has 88 valence electrons. The molecule has 0 amide bonds. The molecule has 1 aromatic rings. The number of hydrogen-bond acceptors (Lipinski definition) is 4.